The molecule has 0 N–H and O–H groups in total. The summed E-state index contributed by atoms with van der Waals surface area (Å²) in [5.74, 6) is 0. The molecule has 2 aliphatic carbocycles. The van der Waals surface area contributed by atoms with Crippen LogP contribution in [0.3, 0.4) is 0 Å². The molecule has 0 aromatic heterocycles. The number of rotatable bonds is 3. The van der Waals surface area contributed by atoms with Gasteiger partial charge < -0.3 is 0 Å². The van der Waals surface area contributed by atoms with Crippen LogP contribution in [0.25, 0.3) is 0 Å². The van der Waals surface area contributed by atoms with E-state index in [9.17, 15) is 0 Å². The van der Waals surface area contributed by atoms with E-state index in [0.717, 1.165) is 0 Å². The van der Waals surface area contributed by atoms with E-state index in [0.29, 0.717) is 0 Å². The third kappa shape index (κ3) is 6.21. The van der Waals surface area contributed by atoms with Gasteiger partial charge in [0.2, 0.25) is 0 Å². The van der Waals surface area contributed by atoms with Crippen molar-refractivity contribution < 1.29 is 17.1 Å². The largest absolute Gasteiger partial charge is 2.00 e. The maximum atomic E-state index is 3.70. The molecule has 2 saturated carbocycles. The summed E-state index contributed by atoms with van der Waals surface area (Å²) in [5.41, 5.74) is 1.40. The molecule has 2 aromatic carbocycles. The SMILES string of the molecule is Brc1ccccc1[P@@]([C]1[CH][CH][CH][CH]1)c1ccccc1.[CH]1[CH][CH][CH][CH]1.[Fe+2]. The summed E-state index contributed by atoms with van der Waals surface area (Å²) in [6.07, 6.45) is 18.7. The molecular formula is C22H18BrFeP+2. The van der Waals surface area contributed by atoms with E-state index in [2.05, 4.69) is 96.2 Å². The topological polar surface area (TPSA) is 0 Å². The minimum Gasteiger partial charge on any atom is -0.0622 e. The van der Waals surface area contributed by atoms with Crippen LogP contribution in [0.5, 0.6) is 0 Å². The molecular weight excluding hydrogens is 431 g/mol. The molecule has 1 atom stereocenters. The minimum absolute atomic E-state index is 0. The smallest absolute Gasteiger partial charge is 0.0622 e. The normalized spacial score (nSPS) is 18.1. The monoisotopic (exact) mass is 448 g/mol. The molecule has 2 aliphatic rings. The van der Waals surface area contributed by atoms with Gasteiger partial charge in [-0.2, -0.15) is 0 Å². The predicted molar refractivity (Wildman–Crippen MR) is 109 cm³/mol. The van der Waals surface area contributed by atoms with E-state index in [1.165, 1.54) is 20.7 Å². The molecule has 0 nitrogen and oxygen atoms in total. The quantitative estimate of drug-likeness (QED) is 0.443. The van der Waals surface area contributed by atoms with Gasteiger partial charge in [0.15, 0.2) is 0 Å². The van der Waals surface area contributed by atoms with Crippen LogP contribution in [-0.2, 0) is 17.1 Å². The van der Waals surface area contributed by atoms with Gasteiger partial charge in [-0.25, -0.2) is 0 Å². The molecule has 0 aliphatic heterocycles. The van der Waals surface area contributed by atoms with Crippen molar-refractivity contribution in [3.8, 4) is 0 Å². The van der Waals surface area contributed by atoms with E-state index in [4.69, 9.17) is 0 Å². The van der Waals surface area contributed by atoms with E-state index in [1.54, 1.807) is 0 Å². The van der Waals surface area contributed by atoms with Gasteiger partial charge in [-0.3, -0.25) is 0 Å². The van der Waals surface area contributed by atoms with Gasteiger partial charge in [0, 0.05) is 10.1 Å². The van der Waals surface area contributed by atoms with Crippen molar-refractivity contribution in [1.82, 2.24) is 0 Å². The number of hydrogen-bond donors (Lipinski definition) is 0. The van der Waals surface area contributed by atoms with Gasteiger partial charge in [0.05, 0.1) is 0 Å². The molecule has 0 bridgehead atoms. The van der Waals surface area contributed by atoms with Crippen LogP contribution in [-0.4, -0.2) is 0 Å². The molecule has 0 saturated heterocycles. The molecule has 10 radical (unpaired) electrons. The number of benzene rings is 2. The van der Waals surface area contributed by atoms with Crippen molar-refractivity contribution in [2.75, 3.05) is 0 Å². The van der Waals surface area contributed by atoms with Gasteiger partial charge in [-0.15, -0.1) is 0 Å². The Morgan fingerprint density at radius 1 is 0.600 bits per heavy atom. The van der Waals surface area contributed by atoms with Gasteiger partial charge in [-0.05, 0) is 82.4 Å². The first-order valence-corrected chi connectivity index (χ1v) is 9.98. The zero-order valence-electron chi connectivity index (χ0n) is 13.6. The van der Waals surface area contributed by atoms with Gasteiger partial charge in [-0.1, -0.05) is 64.5 Å². The van der Waals surface area contributed by atoms with Crippen molar-refractivity contribution in [3.63, 3.8) is 0 Å². The van der Waals surface area contributed by atoms with Gasteiger partial charge >= 0.3 is 17.1 Å². The zero-order valence-corrected chi connectivity index (χ0v) is 17.2. The van der Waals surface area contributed by atoms with E-state index in [-0.39, 0.29) is 17.1 Å². The Hall–Kier alpha value is -0.131. The van der Waals surface area contributed by atoms with Crippen LogP contribution >= 0.6 is 23.9 Å². The predicted octanol–water partition coefficient (Wildman–Crippen LogP) is 5.26. The molecule has 3 heteroatoms. The third-order valence-corrected chi connectivity index (χ3v) is 7.07. The number of halogens is 1. The second kappa shape index (κ2) is 11.6. The minimum atomic E-state index is -0.477. The fourth-order valence-corrected chi connectivity index (χ4v) is 5.61. The Morgan fingerprint density at radius 3 is 1.68 bits per heavy atom. The molecule has 4 rings (SSSR count). The van der Waals surface area contributed by atoms with Crippen LogP contribution < -0.4 is 10.6 Å². The van der Waals surface area contributed by atoms with Crippen molar-refractivity contribution in [2.24, 2.45) is 0 Å². The molecule has 0 amide bonds. The van der Waals surface area contributed by atoms with E-state index in [1.807, 2.05) is 32.1 Å². The second-order valence-corrected chi connectivity index (χ2v) is 8.27. The second-order valence-electron chi connectivity index (χ2n) is 5.23. The summed E-state index contributed by atoms with van der Waals surface area (Å²) < 4.78 is 1.19. The zero-order chi connectivity index (χ0) is 16.6. The fourth-order valence-electron chi connectivity index (χ4n) is 2.47. The van der Waals surface area contributed by atoms with E-state index < -0.39 is 7.92 Å². The average molecular weight is 449 g/mol. The van der Waals surface area contributed by atoms with Gasteiger partial charge in [0.25, 0.3) is 0 Å². The molecule has 2 aromatic rings. The standard InChI is InChI=1S/C17H13BrP.C5H5.Fe/c18-16-12-6-7-13-17(16)19(15-10-4-5-11-15)14-8-2-1-3-9-14;1-2-4-5-3-1;/h1-13H;1-5H;/q;;+2/t19-;;/m1../s1. The molecule has 0 unspecified atom stereocenters. The van der Waals surface area contributed by atoms with Gasteiger partial charge in [0.1, 0.15) is 0 Å². The Labute approximate surface area is 173 Å². The molecule has 124 valence electrons. The Balaban J connectivity index is 0.000000325. The van der Waals surface area contributed by atoms with Crippen molar-refractivity contribution in [2.45, 2.75) is 0 Å². The van der Waals surface area contributed by atoms with Crippen LogP contribution in [0, 0.1) is 63.4 Å². The Morgan fingerprint density at radius 2 is 1.12 bits per heavy atom. The van der Waals surface area contributed by atoms with Crippen molar-refractivity contribution in [3.05, 3.63) is 123 Å². The van der Waals surface area contributed by atoms with Crippen LogP contribution in [0.2, 0.25) is 0 Å². The first kappa shape index (κ1) is 21.2. The molecule has 0 spiro atoms. The van der Waals surface area contributed by atoms with Crippen molar-refractivity contribution >= 4 is 34.5 Å². The maximum absolute atomic E-state index is 3.70. The Kier molecular flexibility index (Phi) is 9.79. The maximum Gasteiger partial charge on any atom is 2.00 e. The summed E-state index contributed by atoms with van der Waals surface area (Å²) in [4.78, 5) is 0. The first-order valence-electron chi connectivity index (χ1n) is 7.84. The van der Waals surface area contributed by atoms with Crippen LogP contribution in [0.15, 0.2) is 59.1 Å². The van der Waals surface area contributed by atoms with Crippen LogP contribution in [0.4, 0.5) is 0 Å². The molecule has 0 heterocycles. The van der Waals surface area contributed by atoms with Crippen LogP contribution in [0.1, 0.15) is 0 Å². The molecule has 2 fully saturated rings. The third-order valence-electron chi connectivity index (χ3n) is 3.57. The van der Waals surface area contributed by atoms with Crippen molar-refractivity contribution in [1.29, 1.82) is 0 Å². The Bertz CT molecular complexity index is 599. The van der Waals surface area contributed by atoms with E-state index >= 15 is 0 Å². The summed E-state index contributed by atoms with van der Waals surface area (Å²) >= 11 is 3.70. The first-order chi connectivity index (χ1) is 11.9. The summed E-state index contributed by atoms with van der Waals surface area (Å²) in [7, 11) is -0.477. The number of hydrogen-bond acceptors (Lipinski definition) is 0. The summed E-state index contributed by atoms with van der Waals surface area (Å²) in [5, 5.41) is 2.76. The molecule has 25 heavy (non-hydrogen) atoms. The fraction of sp³-hybridized carbons (Fsp3) is 0. The summed E-state index contributed by atoms with van der Waals surface area (Å²) in [6, 6.07) is 19.3. The summed E-state index contributed by atoms with van der Waals surface area (Å²) in [6.45, 7) is 0. The average Bonchev–Trinajstić information content (AvgIpc) is 3.34.